The number of anilines is 1. The highest BCUT2D eigenvalue weighted by Gasteiger charge is 2.09. The number of nitrogens with zero attached hydrogens (tertiary/aromatic N) is 2. The second-order valence-electron chi connectivity index (χ2n) is 6.77. The first kappa shape index (κ1) is 20.6. The minimum absolute atomic E-state index is 0.610. The van der Waals surface area contributed by atoms with Crippen LogP contribution in [0.5, 0.6) is 11.5 Å². The van der Waals surface area contributed by atoms with E-state index in [2.05, 4.69) is 58.9 Å². The topological polar surface area (TPSA) is 58.1 Å². The van der Waals surface area contributed by atoms with E-state index in [1.165, 1.54) is 11.3 Å². The molecule has 1 aliphatic heterocycles. The van der Waals surface area contributed by atoms with Crippen LogP contribution in [0.25, 0.3) is 0 Å². The summed E-state index contributed by atoms with van der Waals surface area (Å²) in [7, 11) is 3.32. The Morgan fingerprint density at radius 3 is 2.59 bits per heavy atom. The fraction of sp³-hybridized carbons (Fsp3) is 0.348. The van der Waals surface area contributed by atoms with Crippen molar-refractivity contribution in [2.45, 2.75) is 20.0 Å². The highest BCUT2D eigenvalue weighted by molar-refractivity contribution is 5.79. The summed E-state index contributed by atoms with van der Waals surface area (Å²) in [5.41, 5.74) is 3.47. The lowest BCUT2D eigenvalue weighted by molar-refractivity contribution is 0.390. The summed E-state index contributed by atoms with van der Waals surface area (Å²) in [5, 5.41) is 6.69. The molecular weight excluding hydrogens is 364 g/mol. The van der Waals surface area contributed by atoms with Gasteiger partial charge in [0.2, 0.25) is 0 Å². The van der Waals surface area contributed by atoms with Crippen molar-refractivity contribution in [1.82, 2.24) is 10.6 Å². The van der Waals surface area contributed by atoms with Crippen LogP contribution in [0.2, 0.25) is 0 Å². The van der Waals surface area contributed by atoms with Gasteiger partial charge in [-0.3, -0.25) is 0 Å². The summed E-state index contributed by atoms with van der Waals surface area (Å²) in [5.74, 6) is 2.34. The summed E-state index contributed by atoms with van der Waals surface area (Å²) < 4.78 is 10.7. The Bertz CT molecular complexity index is 856. The van der Waals surface area contributed by atoms with Gasteiger partial charge in [0.15, 0.2) is 5.96 Å². The molecule has 0 unspecified atom stereocenters. The van der Waals surface area contributed by atoms with E-state index >= 15 is 0 Å². The average molecular weight is 395 g/mol. The molecule has 2 aromatic rings. The van der Waals surface area contributed by atoms with Gasteiger partial charge in [-0.1, -0.05) is 24.3 Å². The smallest absolute Gasteiger partial charge is 0.191 e. The predicted octanol–water partition coefficient (Wildman–Crippen LogP) is 3.34. The lowest BCUT2D eigenvalue weighted by Gasteiger charge is -2.18. The number of hydrogen-bond donors (Lipinski definition) is 2. The molecule has 6 nitrogen and oxygen atoms in total. The molecule has 0 radical (unpaired) electrons. The number of hydrogen-bond acceptors (Lipinski definition) is 4. The zero-order chi connectivity index (χ0) is 20.5. The van der Waals surface area contributed by atoms with E-state index in [-0.39, 0.29) is 0 Å². The van der Waals surface area contributed by atoms with Gasteiger partial charge in [-0.2, -0.15) is 0 Å². The van der Waals surface area contributed by atoms with Gasteiger partial charge < -0.3 is 25.0 Å². The first-order valence-corrected chi connectivity index (χ1v) is 9.95. The van der Waals surface area contributed by atoms with Crippen molar-refractivity contribution >= 4 is 11.6 Å². The summed E-state index contributed by atoms with van der Waals surface area (Å²) >= 11 is 0. The lowest BCUT2D eigenvalue weighted by atomic mass is 10.2. The Hall–Kier alpha value is -3.15. The Morgan fingerprint density at radius 2 is 1.86 bits per heavy atom. The van der Waals surface area contributed by atoms with Crippen molar-refractivity contribution in [2.75, 3.05) is 38.8 Å². The van der Waals surface area contributed by atoms with Crippen molar-refractivity contribution in [3.63, 3.8) is 0 Å². The van der Waals surface area contributed by atoms with Crippen LogP contribution in [0.1, 0.15) is 18.1 Å². The molecule has 0 aromatic heterocycles. The largest absolute Gasteiger partial charge is 0.497 e. The number of methoxy groups -OCH3 is 2. The first-order chi connectivity index (χ1) is 14.2. The van der Waals surface area contributed by atoms with Crippen molar-refractivity contribution in [2.24, 2.45) is 4.99 Å². The van der Waals surface area contributed by atoms with Crippen molar-refractivity contribution in [3.8, 4) is 11.5 Å². The second-order valence-corrected chi connectivity index (χ2v) is 6.77. The summed E-state index contributed by atoms with van der Waals surface area (Å²) in [6, 6.07) is 14.4. The number of rotatable bonds is 8. The van der Waals surface area contributed by atoms with E-state index in [4.69, 9.17) is 14.5 Å². The third-order valence-electron chi connectivity index (χ3n) is 4.80. The van der Waals surface area contributed by atoms with Gasteiger partial charge in [0.25, 0.3) is 0 Å². The maximum atomic E-state index is 5.48. The van der Waals surface area contributed by atoms with Gasteiger partial charge in [0, 0.05) is 43.5 Å². The minimum Gasteiger partial charge on any atom is -0.497 e. The molecular formula is C23H30N4O2. The second kappa shape index (κ2) is 10.4. The summed E-state index contributed by atoms with van der Waals surface area (Å²) in [6.45, 7) is 6.03. The van der Waals surface area contributed by atoms with E-state index in [9.17, 15) is 0 Å². The maximum Gasteiger partial charge on any atom is 0.191 e. The molecule has 29 heavy (non-hydrogen) atoms. The Kier molecular flexibility index (Phi) is 7.39. The molecule has 0 fully saturated rings. The Balaban J connectivity index is 1.65. The molecule has 1 aliphatic rings. The van der Waals surface area contributed by atoms with Gasteiger partial charge in [-0.15, -0.1) is 0 Å². The van der Waals surface area contributed by atoms with Crippen molar-refractivity contribution < 1.29 is 9.47 Å². The zero-order valence-corrected chi connectivity index (χ0v) is 17.4. The molecule has 6 heteroatoms. The van der Waals surface area contributed by atoms with E-state index in [1.54, 1.807) is 14.2 Å². The van der Waals surface area contributed by atoms with Crippen molar-refractivity contribution in [3.05, 3.63) is 65.7 Å². The van der Waals surface area contributed by atoms with E-state index in [0.717, 1.165) is 42.7 Å². The molecule has 1 heterocycles. The normalized spacial score (nSPS) is 13.5. The molecule has 154 valence electrons. The average Bonchev–Trinajstić information content (AvgIpc) is 3.31. The molecule has 0 saturated heterocycles. The van der Waals surface area contributed by atoms with E-state index in [0.29, 0.717) is 13.1 Å². The Labute approximate surface area is 173 Å². The third kappa shape index (κ3) is 5.67. The summed E-state index contributed by atoms with van der Waals surface area (Å²) in [6.07, 6.45) is 4.40. The third-order valence-corrected chi connectivity index (χ3v) is 4.80. The van der Waals surface area contributed by atoms with Crippen LogP contribution in [-0.4, -0.2) is 39.8 Å². The number of ether oxygens (including phenoxy) is 2. The summed E-state index contributed by atoms with van der Waals surface area (Å²) in [4.78, 5) is 7.09. The molecule has 0 bridgehead atoms. The number of benzene rings is 2. The predicted molar refractivity (Wildman–Crippen MR) is 119 cm³/mol. The first-order valence-electron chi connectivity index (χ1n) is 9.95. The molecule has 0 aliphatic carbocycles. The SMILES string of the molecule is CCNC(=NCc1cccc(N2CC=CC2)c1)NCc1ccc(OC)cc1OC. The zero-order valence-electron chi connectivity index (χ0n) is 17.4. The molecule has 0 spiro atoms. The van der Waals surface area contributed by atoms with Crippen LogP contribution in [0.3, 0.4) is 0 Å². The van der Waals surface area contributed by atoms with Crippen LogP contribution in [0, 0.1) is 0 Å². The molecule has 0 amide bonds. The van der Waals surface area contributed by atoms with Crippen LogP contribution in [-0.2, 0) is 13.1 Å². The molecule has 0 saturated carbocycles. The maximum absolute atomic E-state index is 5.48. The van der Waals surface area contributed by atoms with Crippen LogP contribution in [0.15, 0.2) is 59.6 Å². The number of aliphatic imine (C=N–C) groups is 1. The lowest BCUT2D eigenvalue weighted by Crippen LogP contribution is -2.36. The fourth-order valence-corrected chi connectivity index (χ4v) is 3.23. The Morgan fingerprint density at radius 1 is 1.03 bits per heavy atom. The quantitative estimate of drug-likeness (QED) is 0.409. The van der Waals surface area contributed by atoms with E-state index in [1.807, 2.05) is 18.2 Å². The standard InChI is InChI=1S/C23H30N4O2/c1-4-24-23(26-17-19-10-11-21(28-2)15-22(19)29-3)25-16-18-8-7-9-20(14-18)27-12-5-6-13-27/h5-11,14-15H,4,12-13,16-17H2,1-3H3,(H2,24,25,26). The number of nitrogens with one attached hydrogen (secondary N) is 2. The number of guanidine groups is 1. The van der Waals surface area contributed by atoms with Crippen molar-refractivity contribution in [1.29, 1.82) is 0 Å². The fourth-order valence-electron chi connectivity index (χ4n) is 3.23. The van der Waals surface area contributed by atoms with E-state index < -0.39 is 0 Å². The molecule has 3 rings (SSSR count). The van der Waals surface area contributed by atoms with Gasteiger partial charge in [-0.05, 0) is 36.8 Å². The van der Waals surface area contributed by atoms with Crippen LogP contribution in [0.4, 0.5) is 5.69 Å². The minimum atomic E-state index is 0.610. The molecule has 0 atom stereocenters. The molecule has 2 N–H and O–H groups in total. The van der Waals surface area contributed by atoms with Crippen LogP contribution < -0.4 is 25.0 Å². The van der Waals surface area contributed by atoms with Gasteiger partial charge in [0.05, 0.1) is 20.8 Å². The monoisotopic (exact) mass is 394 g/mol. The molecule has 2 aromatic carbocycles. The van der Waals surface area contributed by atoms with Gasteiger partial charge >= 0.3 is 0 Å². The van der Waals surface area contributed by atoms with Gasteiger partial charge in [-0.25, -0.2) is 4.99 Å². The highest BCUT2D eigenvalue weighted by atomic mass is 16.5. The van der Waals surface area contributed by atoms with Crippen LogP contribution >= 0.6 is 0 Å². The van der Waals surface area contributed by atoms with Gasteiger partial charge in [0.1, 0.15) is 11.5 Å². The highest BCUT2D eigenvalue weighted by Crippen LogP contribution is 2.24.